The molecule has 0 amide bonds. The van der Waals surface area contributed by atoms with Crippen molar-refractivity contribution in [3.8, 4) is 11.3 Å². The Morgan fingerprint density at radius 3 is 2.11 bits per heavy atom. The third-order valence-electron chi connectivity index (χ3n) is 11.1. The number of benzene rings is 2. The fourth-order valence-corrected chi connectivity index (χ4v) is 8.66. The molecule has 293 valence electrons. The van der Waals surface area contributed by atoms with Crippen molar-refractivity contribution < 1.29 is 34.4 Å². The number of aliphatic hydroxyl groups is 1. The molecule has 1 radical (unpaired) electrons. The second-order valence-electron chi connectivity index (χ2n) is 17.9. The van der Waals surface area contributed by atoms with Crippen molar-refractivity contribution in [2.45, 2.75) is 121 Å². The predicted octanol–water partition coefficient (Wildman–Crippen LogP) is 12.6. The first-order valence-electron chi connectivity index (χ1n) is 19.9. The summed E-state index contributed by atoms with van der Waals surface area (Å²) in [6.45, 7) is 25.3. The van der Waals surface area contributed by atoms with Crippen LogP contribution in [0, 0.1) is 54.4 Å². The van der Waals surface area contributed by atoms with Crippen molar-refractivity contribution in [3.63, 3.8) is 0 Å². The molecule has 0 aliphatic heterocycles. The van der Waals surface area contributed by atoms with Crippen LogP contribution >= 0.6 is 0 Å². The first-order valence-corrected chi connectivity index (χ1v) is 19.9. The summed E-state index contributed by atoms with van der Waals surface area (Å²) < 4.78 is 6.44. The van der Waals surface area contributed by atoms with Crippen LogP contribution in [0.5, 0.6) is 0 Å². The molecule has 1 aliphatic rings. The van der Waals surface area contributed by atoms with Crippen molar-refractivity contribution >= 4 is 38.8 Å². The molecule has 3 aromatic heterocycles. The summed E-state index contributed by atoms with van der Waals surface area (Å²) in [5, 5.41) is 12.3. The Kier molecular flexibility index (Phi) is 14.5. The third-order valence-corrected chi connectivity index (χ3v) is 11.1. The number of aliphatic hydroxyl groups excluding tert-OH is 1. The van der Waals surface area contributed by atoms with Crippen LogP contribution < -0.4 is 0 Å². The van der Waals surface area contributed by atoms with E-state index in [2.05, 4.69) is 123 Å². The smallest absolute Gasteiger partial charge is 0.162 e. The van der Waals surface area contributed by atoms with E-state index in [1.54, 1.807) is 6.33 Å². The van der Waals surface area contributed by atoms with Crippen LogP contribution in [0.4, 0.5) is 0 Å². The van der Waals surface area contributed by atoms with Crippen LogP contribution in [0.3, 0.4) is 0 Å². The second-order valence-corrected chi connectivity index (χ2v) is 17.9. The molecule has 1 N–H and O–H groups in total. The summed E-state index contributed by atoms with van der Waals surface area (Å²) in [5.74, 6) is 2.43. The van der Waals surface area contributed by atoms with Gasteiger partial charge in [-0.1, -0.05) is 130 Å². The molecule has 0 saturated heterocycles. The zero-order valence-corrected chi connectivity index (χ0v) is 37.0. The topological polar surface area (TPSA) is 89.1 Å². The Balaban J connectivity index is 0.000000281. The van der Waals surface area contributed by atoms with Crippen LogP contribution in [0.1, 0.15) is 119 Å². The van der Waals surface area contributed by atoms with Gasteiger partial charge in [0.1, 0.15) is 23.0 Å². The Morgan fingerprint density at radius 2 is 1.52 bits per heavy atom. The molecule has 7 heteroatoms. The average Bonchev–Trinajstić information content (AvgIpc) is 3.70. The van der Waals surface area contributed by atoms with E-state index in [0.29, 0.717) is 23.7 Å². The minimum Gasteiger partial charge on any atom is -0.512 e. The Hall–Kier alpha value is -3.41. The van der Waals surface area contributed by atoms with E-state index < -0.39 is 0 Å². The molecule has 0 spiro atoms. The quantitative estimate of drug-likeness (QED) is 0.0853. The number of rotatable bonds is 10. The zero-order chi connectivity index (χ0) is 38.8. The summed E-state index contributed by atoms with van der Waals surface area (Å²) in [7, 11) is 0. The number of ketones is 1. The van der Waals surface area contributed by atoms with Gasteiger partial charge in [0.15, 0.2) is 5.78 Å². The van der Waals surface area contributed by atoms with E-state index in [-0.39, 0.29) is 48.9 Å². The second kappa shape index (κ2) is 18.0. The van der Waals surface area contributed by atoms with Crippen LogP contribution in [-0.2, 0) is 36.7 Å². The summed E-state index contributed by atoms with van der Waals surface area (Å²) in [5.41, 5.74) is 8.65. The minimum atomic E-state index is -0.0714. The van der Waals surface area contributed by atoms with Gasteiger partial charge in [-0.05, 0) is 66.0 Å². The van der Waals surface area contributed by atoms with Gasteiger partial charge in [-0.15, -0.1) is 18.2 Å². The molecule has 6 rings (SSSR count). The Morgan fingerprint density at radius 1 is 0.889 bits per heavy atom. The van der Waals surface area contributed by atoms with Gasteiger partial charge in [0.25, 0.3) is 0 Å². The fraction of sp³-hybridized carbons (Fsp3) is 0.532. The maximum Gasteiger partial charge on any atom is 0.162 e. The first kappa shape index (κ1) is 43.3. The molecule has 1 saturated carbocycles. The van der Waals surface area contributed by atoms with E-state index in [4.69, 9.17) is 9.40 Å². The maximum absolute atomic E-state index is 12.3. The molecule has 54 heavy (non-hydrogen) atoms. The van der Waals surface area contributed by atoms with Crippen LogP contribution in [0.25, 0.3) is 44.2 Å². The summed E-state index contributed by atoms with van der Waals surface area (Å²) in [4.78, 5) is 26.5. The number of aromatic nitrogens is 3. The van der Waals surface area contributed by atoms with Crippen LogP contribution in [0.2, 0.25) is 0 Å². The van der Waals surface area contributed by atoms with Crippen molar-refractivity contribution in [2.75, 3.05) is 0 Å². The van der Waals surface area contributed by atoms with Crippen molar-refractivity contribution in [1.29, 1.82) is 0 Å². The summed E-state index contributed by atoms with van der Waals surface area (Å²) >= 11 is 0. The fourth-order valence-electron chi connectivity index (χ4n) is 8.66. The molecule has 0 bridgehead atoms. The Bertz CT molecular complexity index is 2060. The van der Waals surface area contributed by atoms with Crippen molar-refractivity contribution in [1.82, 2.24) is 15.0 Å². The SMILES string of the molecule is CC(C)C(C(=O)/C=C(\O)C(C(C)C)C(C)C)C(C)C.Cc1ccc2[c-]c(-c3ncnc4c3oc3cc(CC5CCCC5)ccc34)cc(C(C)(C)C)c2n1.[Ir]. The molecule has 6 nitrogen and oxygen atoms in total. The molecule has 2 aromatic carbocycles. The van der Waals surface area contributed by atoms with Gasteiger partial charge >= 0.3 is 0 Å². The summed E-state index contributed by atoms with van der Waals surface area (Å²) in [6.07, 6.45) is 9.67. The van der Waals surface area contributed by atoms with E-state index in [1.165, 1.54) is 42.9 Å². The van der Waals surface area contributed by atoms with Gasteiger partial charge in [0.2, 0.25) is 0 Å². The van der Waals surface area contributed by atoms with Gasteiger partial charge in [0.05, 0.1) is 11.5 Å². The normalized spacial score (nSPS) is 14.4. The number of aryl methyl sites for hydroxylation is 1. The largest absolute Gasteiger partial charge is 0.512 e. The molecule has 0 unspecified atom stereocenters. The Labute approximate surface area is 337 Å². The molecule has 1 fully saturated rings. The number of nitrogens with zero attached hydrogens (tertiary/aromatic N) is 3. The van der Waals surface area contributed by atoms with E-state index >= 15 is 0 Å². The van der Waals surface area contributed by atoms with Gasteiger partial charge in [-0.2, -0.15) is 0 Å². The van der Waals surface area contributed by atoms with Crippen molar-refractivity contribution in [2.24, 2.45) is 41.4 Å². The first-order chi connectivity index (χ1) is 25.0. The molecular weight excluding hydrogens is 847 g/mol. The van der Waals surface area contributed by atoms with Crippen LogP contribution in [0.15, 0.2) is 59.0 Å². The number of fused-ring (bicyclic) bond motifs is 4. The minimum absolute atomic E-state index is 0. The molecule has 3 heterocycles. The number of carbonyl (C=O) groups excluding carboxylic acids is 1. The average molecular weight is 909 g/mol. The molecule has 5 aromatic rings. The van der Waals surface area contributed by atoms with E-state index in [9.17, 15) is 9.90 Å². The third kappa shape index (κ3) is 9.87. The number of hydrogen-bond acceptors (Lipinski definition) is 6. The number of furan rings is 1. The number of pyridine rings is 1. The van der Waals surface area contributed by atoms with E-state index in [0.717, 1.165) is 62.3 Å². The zero-order valence-electron chi connectivity index (χ0n) is 34.6. The molecule has 0 atom stereocenters. The van der Waals surface area contributed by atoms with Crippen LogP contribution in [-0.4, -0.2) is 25.8 Å². The van der Waals surface area contributed by atoms with Gasteiger partial charge in [-0.3, -0.25) is 14.8 Å². The number of allylic oxidation sites excluding steroid dienone is 2. The maximum atomic E-state index is 12.3. The number of hydrogen-bond donors (Lipinski definition) is 1. The summed E-state index contributed by atoms with van der Waals surface area (Å²) in [6, 6.07) is 16.5. The van der Waals surface area contributed by atoms with Gasteiger partial charge < -0.3 is 9.52 Å². The standard InChI is InChI=1S/C30H30N3O.C17H32O2.Ir/c1-18-9-11-21-15-22(16-24(26(21)33-18)30(2,3)4)27-29-28(32-17-31-27)23-12-10-20(14-25(23)34-29)13-19-7-5-6-8-19;1-10(2)16(11(3)4)14(18)9-15(19)17(12(5)6)13(7)8;/h9-12,14,16-17,19H,5-8,13H2,1-4H3;9-13,16-18H,1-8H3;/q-1;;/b;14-9-;. The number of carbonyl (C=O) groups is 1. The van der Waals surface area contributed by atoms with Gasteiger partial charge in [-0.25, -0.2) is 4.98 Å². The predicted molar refractivity (Wildman–Crippen MR) is 220 cm³/mol. The monoisotopic (exact) mass is 909 g/mol. The van der Waals surface area contributed by atoms with Gasteiger partial charge in [0, 0.05) is 54.6 Å². The van der Waals surface area contributed by atoms with E-state index in [1.807, 2.05) is 13.0 Å². The molecular formula is C47H62IrN3O3-. The molecule has 1 aliphatic carbocycles. The van der Waals surface area contributed by atoms with Crippen molar-refractivity contribution in [3.05, 3.63) is 77.4 Å².